The van der Waals surface area contributed by atoms with Crippen molar-refractivity contribution in [1.29, 1.82) is 0 Å². The van der Waals surface area contributed by atoms with Crippen LogP contribution in [0.25, 0.3) is 6.08 Å². The van der Waals surface area contributed by atoms with Gasteiger partial charge in [0.25, 0.3) is 0 Å². The summed E-state index contributed by atoms with van der Waals surface area (Å²) in [4.78, 5) is 46.8. The number of para-hydroxylation sites is 1. The molecule has 2 N–H and O–H groups in total. The van der Waals surface area contributed by atoms with Gasteiger partial charge >= 0.3 is 18.1 Å². The molecule has 11 nitrogen and oxygen atoms in total. The molecule has 2 aromatic carbocycles. The highest BCUT2D eigenvalue weighted by Crippen LogP contribution is 2.29. The van der Waals surface area contributed by atoms with E-state index in [0.717, 1.165) is 31.6 Å². The number of hydrogen-bond acceptors (Lipinski definition) is 8. The second kappa shape index (κ2) is 18.6. The molecule has 53 heavy (non-hydrogen) atoms. The van der Waals surface area contributed by atoms with Crippen molar-refractivity contribution in [2.75, 3.05) is 63.6 Å². The van der Waals surface area contributed by atoms with E-state index in [9.17, 15) is 19.5 Å². The summed E-state index contributed by atoms with van der Waals surface area (Å²) in [6, 6.07) is 14.2. The van der Waals surface area contributed by atoms with Crippen molar-refractivity contribution in [1.82, 2.24) is 14.7 Å². The number of esters is 1. The van der Waals surface area contributed by atoms with Crippen LogP contribution in [0.1, 0.15) is 58.4 Å². The lowest BCUT2D eigenvalue weighted by molar-refractivity contribution is -0.151. The molecule has 0 aromatic heterocycles. The first-order valence-corrected chi connectivity index (χ1v) is 18.9. The van der Waals surface area contributed by atoms with Gasteiger partial charge in [0.1, 0.15) is 18.0 Å². The van der Waals surface area contributed by atoms with E-state index in [0.29, 0.717) is 55.8 Å². The zero-order chi connectivity index (χ0) is 38.1. The lowest BCUT2D eigenvalue weighted by Crippen LogP contribution is -2.48. The second-order valence-corrected chi connectivity index (χ2v) is 15.0. The third-order valence-corrected chi connectivity index (χ3v) is 10.7. The maximum Gasteiger partial charge on any atom is 0.410 e. The summed E-state index contributed by atoms with van der Waals surface area (Å²) >= 11 is 0. The Morgan fingerprint density at radius 3 is 2.36 bits per heavy atom. The molecule has 2 fully saturated rings. The van der Waals surface area contributed by atoms with E-state index >= 15 is 4.39 Å². The number of piperazine rings is 1. The van der Waals surface area contributed by atoms with Gasteiger partial charge in [-0.25, -0.2) is 14.0 Å². The molecular weight excluding hydrogens is 677 g/mol. The van der Waals surface area contributed by atoms with Crippen LogP contribution in [-0.4, -0.2) is 116 Å². The van der Waals surface area contributed by atoms with E-state index in [1.807, 2.05) is 89.5 Å². The number of likely N-dealkylation sites (N-methyl/N-ethyl adjacent to an activating group) is 1. The van der Waals surface area contributed by atoms with Gasteiger partial charge in [-0.05, 0) is 93.1 Å². The van der Waals surface area contributed by atoms with Gasteiger partial charge in [-0.3, -0.25) is 4.79 Å². The average Bonchev–Trinajstić information content (AvgIpc) is 3.14. The summed E-state index contributed by atoms with van der Waals surface area (Å²) in [7, 11) is 3.97. The third-order valence-electron chi connectivity index (χ3n) is 10.7. The van der Waals surface area contributed by atoms with E-state index in [4.69, 9.17) is 9.47 Å². The number of nitrogens with one attached hydrogen (secondary N) is 1. The second-order valence-electron chi connectivity index (χ2n) is 15.0. The Labute approximate surface area is 313 Å². The summed E-state index contributed by atoms with van der Waals surface area (Å²) in [5, 5.41) is 13.7. The Kier molecular flexibility index (Phi) is 13.9. The van der Waals surface area contributed by atoms with Gasteiger partial charge in [-0.2, -0.15) is 0 Å². The molecule has 0 aliphatic carbocycles. The minimum Gasteiger partial charge on any atom is -0.457 e. The number of nitrogens with zero attached hydrogens (tertiary/aromatic N) is 4. The number of urea groups is 1. The van der Waals surface area contributed by atoms with Crippen molar-refractivity contribution in [2.24, 2.45) is 11.8 Å². The summed E-state index contributed by atoms with van der Waals surface area (Å²) in [6.07, 6.45) is 5.38. The number of benzene rings is 2. The minimum atomic E-state index is -0.894. The number of halogens is 1. The van der Waals surface area contributed by atoms with Gasteiger partial charge in [0.15, 0.2) is 0 Å². The minimum absolute atomic E-state index is 0.0866. The monoisotopic (exact) mass is 733 g/mol. The Balaban J connectivity index is 1.28. The van der Waals surface area contributed by atoms with E-state index in [1.165, 1.54) is 12.1 Å². The molecule has 288 valence electrons. The van der Waals surface area contributed by atoms with E-state index in [2.05, 4.69) is 15.1 Å². The number of hydrogen-bond donors (Lipinski definition) is 2. The molecule has 3 aliphatic rings. The molecule has 0 radical (unpaired) electrons. The summed E-state index contributed by atoms with van der Waals surface area (Å²) in [6.45, 7) is 9.69. The quantitative estimate of drug-likeness (QED) is 0.259. The van der Waals surface area contributed by atoms with Crippen molar-refractivity contribution < 1.29 is 33.4 Å². The van der Waals surface area contributed by atoms with Crippen LogP contribution in [0.2, 0.25) is 0 Å². The van der Waals surface area contributed by atoms with Gasteiger partial charge in [0.05, 0.1) is 12.5 Å². The zero-order valence-corrected chi connectivity index (χ0v) is 31.7. The number of aliphatic hydroxyl groups is 1. The smallest absolute Gasteiger partial charge is 0.410 e. The Morgan fingerprint density at radius 2 is 1.66 bits per heavy atom. The van der Waals surface area contributed by atoms with Crippen molar-refractivity contribution >= 4 is 35.5 Å². The molecule has 5 atom stereocenters. The van der Waals surface area contributed by atoms with Gasteiger partial charge < -0.3 is 39.5 Å². The molecule has 3 aliphatic heterocycles. The molecule has 0 spiro atoms. The molecule has 2 aromatic rings. The molecular formula is C41H56FN5O6. The van der Waals surface area contributed by atoms with Crippen LogP contribution < -0.4 is 10.2 Å². The van der Waals surface area contributed by atoms with Crippen LogP contribution in [0.3, 0.4) is 0 Å². The number of carbonyl (C=O) groups is 3. The fourth-order valence-corrected chi connectivity index (χ4v) is 7.25. The Bertz CT molecular complexity index is 1600. The fraction of sp³-hybridized carbons (Fsp3) is 0.537. The van der Waals surface area contributed by atoms with Crippen LogP contribution >= 0.6 is 0 Å². The molecule has 5 rings (SSSR count). The normalized spacial score (nSPS) is 26.1. The zero-order valence-electron chi connectivity index (χ0n) is 31.7. The molecule has 3 amide bonds. The molecule has 2 saturated heterocycles. The first-order valence-electron chi connectivity index (χ1n) is 18.9. The van der Waals surface area contributed by atoms with E-state index < -0.39 is 24.3 Å². The molecule has 0 unspecified atom stereocenters. The van der Waals surface area contributed by atoms with Crippen LogP contribution in [0.15, 0.2) is 66.3 Å². The number of likely N-dealkylation sites (tertiary alicyclic amines) is 1. The van der Waals surface area contributed by atoms with Crippen LogP contribution in [0, 0.1) is 17.7 Å². The number of amides is 3. The van der Waals surface area contributed by atoms with Crippen LogP contribution in [0.4, 0.5) is 25.4 Å². The molecule has 3 heterocycles. The van der Waals surface area contributed by atoms with Gasteiger partial charge in [0.2, 0.25) is 0 Å². The maximum absolute atomic E-state index is 15.2. The van der Waals surface area contributed by atoms with Crippen molar-refractivity contribution in [3.8, 4) is 0 Å². The summed E-state index contributed by atoms with van der Waals surface area (Å²) in [5.74, 6) is -1.30. The highest BCUT2D eigenvalue weighted by molar-refractivity contribution is 5.89. The lowest BCUT2D eigenvalue weighted by Gasteiger charge is -2.38. The Morgan fingerprint density at radius 1 is 0.962 bits per heavy atom. The SMILES string of the molecule is C/C(=C\c1cc(F)cc(N(C)C2CCN(C(=O)Nc3ccccc3)CC2)c1)[C@H]1OC(=O)C[C@H](O)CC[C@H](C)[C@H](OC(=O)N2CCN(C)CC2)/C=C/[C@@H]1C. The molecule has 0 saturated carbocycles. The van der Waals surface area contributed by atoms with Gasteiger partial charge in [-0.1, -0.05) is 44.2 Å². The number of aliphatic hydroxyl groups excluding tert-OH is 1. The van der Waals surface area contributed by atoms with Crippen LogP contribution in [0.5, 0.6) is 0 Å². The lowest BCUT2D eigenvalue weighted by atomic mass is 9.91. The largest absolute Gasteiger partial charge is 0.457 e. The van der Waals surface area contributed by atoms with Gasteiger partial charge in [0, 0.05) is 69.7 Å². The third kappa shape index (κ3) is 11.3. The number of cyclic esters (lactones) is 1. The highest BCUT2D eigenvalue weighted by Gasteiger charge is 2.30. The van der Waals surface area contributed by atoms with Crippen molar-refractivity contribution in [3.63, 3.8) is 0 Å². The summed E-state index contributed by atoms with van der Waals surface area (Å²) < 4.78 is 27.2. The highest BCUT2D eigenvalue weighted by atomic mass is 19.1. The number of carbonyl (C=O) groups excluding carboxylic acids is 3. The average molecular weight is 734 g/mol. The van der Waals surface area contributed by atoms with Crippen LogP contribution in [-0.2, 0) is 14.3 Å². The van der Waals surface area contributed by atoms with Crippen molar-refractivity contribution in [2.45, 2.75) is 77.2 Å². The van der Waals surface area contributed by atoms with E-state index in [1.54, 1.807) is 9.80 Å². The first-order chi connectivity index (χ1) is 25.4. The number of anilines is 2. The number of ether oxygens (including phenoxy) is 2. The number of piperidine rings is 1. The number of rotatable bonds is 6. The van der Waals surface area contributed by atoms with E-state index in [-0.39, 0.29) is 42.2 Å². The predicted molar refractivity (Wildman–Crippen MR) is 205 cm³/mol. The standard InChI is InChI=1S/C41H56FN5O6/c1-28-11-13-36(48)27-38(49)53-39(29(2)12-14-37(28)52-41(51)47-21-19-44(4)20-22-47)30(3)23-31-24-32(42)26-35(25-31)45(5)34-15-17-46(18-16-34)40(50)43-33-9-7-6-8-10-33/h6-10,12,14,23-26,28-29,34,36-37,39,48H,11,13,15-22,27H2,1-5H3,(H,43,50)/b14-12+,30-23+/t28-,29-,36+,37+,39-/m0/s1. The molecule has 0 bridgehead atoms. The topological polar surface area (TPSA) is 115 Å². The Hall–Kier alpha value is -4.42. The van der Waals surface area contributed by atoms with Gasteiger partial charge in [-0.15, -0.1) is 0 Å². The predicted octanol–water partition coefficient (Wildman–Crippen LogP) is 6.40. The summed E-state index contributed by atoms with van der Waals surface area (Å²) in [5.41, 5.74) is 2.79. The fourth-order valence-electron chi connectivity index (χ4n) is 7.25. The van der Waals surface area contributed by atoms with Crippen molar-refractivity contribution in [3.05, 3.63) is 77.6 Å². The molecule has 12 heteroatoms. The first kappa shape index (κ1) is 39.8. The maximum atomic E-state index is 15.2.